The number of aryl methyl sites for hydroxylation is 2. The van der Waals surface area contributed by atoms with Gasteiger partial charge in [-0.1, -0.05) is 88.8 Å². The van der Waals surface area contributed by atoms with Gasteiger partial charge in [0.15, 0.2) is 0 Å². The van der Waals surface area contributed by atoms with Gasteiger partial charge in [0.2, 0.25) is 11.8 Å². The lowest BCUT2D eigenvalue weighted by molar-refractivity contribution is -0.122. The van der Waals surface area contributed by atoms with Crippen molar-refractivity contribution in [2.75, 3.05) is 4.90 Å². The highest BCUT2D eigenvalue weighted by Crippen LogP contribution is 2.54. The molecule has 3 heterocycles. The maximum absolute atomic E-state index is 13.9. The molecule has 6 nitrogen and oxygen atoms in total. The van der Waals surface area contributed by atoms with Gasteiger partial charge in [-0.05, 0) is 37.6 Å². The topological polar surface area (TPSA) is 79.5 Å². The highest BCUT2D eigenvalue weighted by atomic mass is 32.2. The molecule has 3 atom stereocenters. The molecule has 1 aromatic heterocycles. The van der Waals surface area contributed by atoms with E-state index in [1.54, 1.807) is 12.1 Å². The molecule has 8 heteroatoms. The molecule has 1 saturated heterocycles. The van der Waals surface area contributed by atoms with Crippen LogP contribution in [0, 0.1) is 19.8 Å². The zero-order valence-electron chi connectivity index (χ0n) is 20.3. The number of imide groups is 1. The minimum absolute atomic E-state index is 0.198. The predicted octanol–water partition coefficient (Wildman–Crippen LogP) is 5.43. The van der Waals surface area contributed by atoms with Crippen molar-refractivity contribution in [3.63, 3.8) is 0 Å². The largest absolute Gasteiger partial charge is 0.489 e. The number of carbonyl (C=O) groups is 2. The molecular weight excluding hydrogens is 504 g/mol. The van der Waals surface area contributed by atoms with E-state index in [4.69, 9.17) is 4.74 Å². The summed E-state index contributed by atoms with van der Waals surface area (Å²) in [6.07, 6.45) is 0. The Hall–Kier alpha value is -3.62. The van der Waals surface area contributed by atoms with Gasteiger partial charge in [0.1, 0.15) is 17.6 Å². The first-order chi connectivity index (χ1) is 17.9. The Labute approximate surface area is 222 Å². The minimum atomic E-state index is -0.651. The quantitative estimate of drug-likeness (QED) is 0.350. The Morgan fingerprint density at radius 2 is 1.68 bits per heavy atom. The number of nitrogens with one attached hydrogen (secondary N) is 1. The fourth-order valence-corrected chi connectivity index (χ4v) is 7.64. The summed E-state index contributed by atoms with van der Waals surface area (Å²) in [5.41, 5.74) is 4.60. The van der Waals surface area contributed by atoms with Gasteiger partial charge in [-0.3, -0.25) is 14.4 Å². The van der Waals surface area contributed by atoms with E-state index in [0.717, 1.165) is 38.5 Å². The van der Waals surface area contributed by atoms with E-state index in [-0.39, 0.29) is 16.7 Å². The lowest BCUT2D eigenvalue weighted by Crippen LogP contribution is -2.32. The van der Waals surface area contributed by atoms with Crippen LogP contribution in [0.5, 0.6) is 5.75 Å². The summed E-state index contributed by atoms with van der Waals surface area (Å²) in [6, 6.07) is 23.1. The molecule has 0 bridgehead atoms. The first-order valence-corrected chi connectivity index (χ1v) is 13.7. The molecular formula is C29H24N2O4S2. The molecule has 0 spiro atoms. The van der Waals surface area contributed by atoms with Gasteiger partial charge in [-0.25, -0.2) is 4.90 Å². The van der Waals surface area contributed by atoms with E-state index in [1.165, 1.54) is 16.7 Å². The highest BCUT2D eigenvalue weighted by molar-refractivity contribution is 8.00. The van der Waals surface area contributed by atoms with Gasteiger partial charge in [-0.2, -0.15) is 0 Å². The van der Waals surface area contributed by atoms with Crippen molar-refractivity contribution >= 4 is 40.6 Å². The van der Waals surface area contributed by atoms with Gasteiger partial charge >= 0.3 is 4.87 Å². The molecule has 0 aliphatic carbocycles. The van der Waals surface area contributed by atoms with Gasteiger partial charge < -0.3 is 9.72 Å². The number of benzene rings is 3. The second-order valence-electron chi connectivity index (χ2n) is 9.41. The van der Waals surface area contributed by atoms with Crippen LogP contribution in [0.2, 0.25) is 0 Å². The van der Waals surface area contributed by atoms with E-state index in [0.29, 0.717) is 23.1 Å². The third kappa shape index (κ3) is 4.20. The molecule has 37 heavy (non-hydrogen) atoms. The number of aromatic amines is 1. The van der Waals surface area contributed by atoms with Crippen molar-refractivity contribution in [3.05, 3.63) is 110 Å². The number of hydrogen-bond acceptors (Lipinski definition) is 6. The van der Waals surface area contributed by atoms with Crippen molar-refractivity contribution in [2.45, 2.75) is 36.6 Å². The molecule has 2 aliphatic heterocycles. The Balaban J connectivity index is 1.42. The van der Waals surface area contributed by atoms with Crippen LogP contribution in [0.4, 0.5) is 5.69 Å². The number of anilines is 1. The SMILES string of the molecule is Cc1ccc(N2C(=O)C3Sc4[nH]c(=O)sc4C(c4ccccc4OCc4cccc(C)c4)C3C2=O)cc1. The van der Waals surface area contributed by atoms with Crippen molar-refractivity contribution in [1.29, 1.82) is 0 Å². The second kappa shape index (κ2) is 9.36. The average Bonchev–Trinajstić information content (AvgIpc) is 3.38. The molecule has 1 fully saturated rings. The second-order valence-corrected chi connectivity index (χ2v) is 11.6. The van der Waals surface area contributed by atoms with E-state index < -0.39 is 17.1 Å². The molecule has 3 unspecified atom stereocenters. The number of amides is 2. The zero-order chi connectivity index (χ0) is 25.7. The Kier molecular flexibility index (Phi) is 6.01. The zero-order valence-corrected chi connectivity index (χ0v) is 21.9. The van der Waals surface area contributed by atoms with Crippen molar-refractivity contribution in [2.24, 2.45) is 5.92 Å². The Bertz CT molecular complexity index is 1570. The molecule has 0 radical (unpaired) electrons. The van der Waals surface area contributed by atoms with Crippen LogP contribution in [-0.2, 0) is 16.2 Å². The maximum atomic E-state index is 13.9. The molecule has 2 aliphatic rings. The first-order valence-electron chi connectivity index (χ1n) is 12.0. The predicted molar refractivity (Wildman–Crippen MR) is 146 cm³/mol. The fraction of sp³-hybridized carbons (Fsp3) is 0.207. The average molecular weight is 529 g/mol. The molecule has 4 aromatic rings. The summed E-state index contributed by atoms with van der Waals surface area (Å²) in [4.78, 5) is 44.7. The number of H-pyrrole nitrogens is 1. The molecule has 186 valence electrons. The summed E-state index contributed by atoms with van der Waals surface area (Å²) >= 11 is 2.38. The number of rotatable bonds is 5. The standard InChI is InChI=1S/C29H24N2O4S2/c1-16-10-12-19(13-11-16)31-27(32)23-22(24-26(30-29(34)37-24)36-25(23)28(31)33)20-8-3-4-9-21(20)35-15-18-7-5-6-17(2)14-18/h3-14,22-23,25H,15H2,1-2H3,(H,30,34). The normalized spacial score (nSPS) is 20.6. The monoisotopic (exact) mass is 528 g/mol. The Morgan fingerprint density at radius 1 is 0.892 bits per heavy atom. The third-order valence-electron chi connectivity index (χ3n) is 6.85. The lowest BCUT2D eigenvalue weighted by Gasteiger charge is -2.30. The van der Waals surface area contributed by atoms with Crippen LogP contribution in [0.1, 0.15) is 33.0 Å². The number of carbonyl (C=O) groups excluding carboxylic acids is 2. The number of para-hydroxylation sites is 1. The van der Waals surface area contributed by atoms with Gasteiger partial charge in [0, 0.05) is 16.4 Å². The van der Waals surface area contributed by atoms with Crippen LogP contribution >= 0.6 is 23.1 Å². The number of ether oxygens (including phenoxy) is 1. The lowest BCUT2D eigenvalue weighted by atomic mass is 9.82. The van der Waals surface area contributed by atoms with Crippen LogP contribution in [0.3, 0.4) is 0 Å². The van der Waals surface area contributed by atoms with Gasteiger partial charge in [0.05, 0.1) is 16.6 Å². The van der Waals surface area contributed by atoms with E-state index in [1.807, 2.05) is 68.4 Å². The Morgan fingerprint density at radius 3 is 2.46 bits per heavy atom. The van der Waals surface area contributed by atoms with E-state index >= 15 is 0 Å². The van der Waals surface area contributed by atoms with E-state index in [9.17, 15) is 14.4 Å². The van der Waals surface area contributed by atoms with Crippen molar-refractivity contribution in [1.82, 2.24) is 4.98 Å². The molecule has 0 saturated carbocycles. The number of aromatic nitrogens is 1. The van der Waals surface area contributed by atoms with Gasteiger partial charge in [0.25, 0.3) is 0 Å². The smallest absolute Gasteiger partial charge is 0.305 e. The highest BCUT2D eigenvalue weighted by Gasteiger charge is 2.56. The molecule has 2 amide bonds. The van der Waals surface area contributed by atoms with Crippen LogP contribution < -0.4 is 14.5 Å². The third-order valence-corrected chi connectivity index (χ3v) is 9.25. The number of thiazole rings is 1. The van der Waals surface area contributed by atoms with Gasteiger partial charge in [-0.15, -0.1) is 0 Å². The fourth-order valence-electron chi connectivity index (χ4n) is 5.13. The van der Waals surface area contributed by atoms with Crippen LogP contribution in [-0.4, -0.2) is 22.0 Å². The van der Waals surface area contributed by atoms with Crippen LogP contribution in [0.15, 0.2) is 82.6 Å². The first kappa shape index (κ1) is 23.8. The summed E-state index contributed by atoms with van der Waals surface area (Å²) in [5.74, 6) is -1.01. The maximum Gasteiger partial charge on any atom is 0.305 e. The number of nitrogens with zero attached hydrogens (tertiary/aromatic N) is 1. The summed E-state index contributed by atoms with van der Waals surface area (Å²) in [5, 5.41) is 0.0167. The van der Waals surface area contributed by atoms with E-state index in [2.05, 4.69) is 11.1 Å². The molecule has 6 rings (SSSR count). The number of thioether (sulfide) groups is 1. The molecule has 1 N–H and O–H groups in total. The van der Waals surface area contributed by atoms with Crippen molar-refractivity contribution in [3.8, 4) is 5.75 Å². The van der Waals surface area contributed by atoms with Crippen molar-refractivity contribution < 1.29 is 14.3 Å². The number of fused-ring (bicyclic) bond motifs is 2. The molecule has 3 aromatic carbocycles. The summed E-state index contributed by atoms with van der Waals surface area (Å²) in [6.45, 7) is 4.37. The number of hydrogen-bond donors (Lipinski definition) is 1. The summed E-state index contributed by atoms with van der Waals surface area (Å²) in [7, 11) is 0. The van der Waals surface area contributed by atoms with Crippen LogP contribution in [0.25, 0.3) is 0 Å². The summed E-state index contributed by atoms with van der Waals surface area (Å²) < 4.78 is 6.29. The minimum Gasteiger partial charge on any atom is -0.489 e.